The standard InChI is InChI=1S/C19H19N3O/c1-13-5-3-6-16(11-13)23-19-8-4-7-18-20-17(21-22(18)19)12-14(2)15-9-10-15/h3-8,11,15H,2,9-10,12H2,1H3. The second-order valence-electron chi connectivity index (χ2n) is 6.19. The third-order valence-corrected chi connectivity index (χ3v) is 4.12. The molecule has 1 fully saturated rings. The SMILES string of the molecule is C=C(Cc1nc2cccc(Oc3cccc(C)c3)n2n1)C1CC1. The van der Waals surface area contributed by atoms with Crippen molar-refractivity contribution in [3.63, 3.8) is 0 Å². The van der Waals surface area contributed by atoms with Gasteiger partial charge in [-0.15, -0.1) is 5.10 Å². The number of ether oxygens (including phenoxy) is 1. The molecule has 0 spiro atoms. The van der Waals surface area contributed by atoms with E-state index in [0.29, 0.717) is 11.8 Å². The molecule has 0 atom stereocenters. The van der Waals surface area contributed by atoms with Gasteiger partial charge in [0.25, 0.3) is 0 Å². The van der Waals surface area contributed by atoms with Gasteiger partial charge in [0.05, 0.1) is 0 Å². The van der Waals surface area contributed by atoms with Crippen LogP contribution in [0.25, 0.3) is 5.65 Å². The third kappa shape index (κ3) is 2.97. The molecule has 1 aliphatic carbocycles. The molecule has 0 unspecified atom stereocenters. The first-order valence-electron chi connectivity index (χ1n) is 7.96. The Hall–Kier alpha value is -2.62. The fourth-order valence-corrected chi connectivity index (χ4v) is 2.72. The molecule has 1 aliphatic rings. The fourth-order valence-electron chi connectivity index (χ4n) is 2.72. The van der Waals surface area contributed by atoms with Gasteiger partial charge < -0.3 is 4.74 Å². The van der Waals surface area contributed by atoms with E-state index >= 15 is 0 Å². The van der Waals surface area contributed by atoms with E-state index in [1.54, 1.807) is 4.52 Å². The van der Waals surface area contributed by atoms with Crippen LogP contribution in [0, 0.1) is 12.8 Å². The first kappa shape index (κ1) is 14.0. The number of allylic oxidation sites excluding steroid dienone is 1. The quantitative estimate of drug-likeness (QED) is 0.658. The van der Waals surface area contributed by atoms with Gasteiger partial charge in [-0.05, 0) is 49.4 Å². The summed E-state index contributed by atoms with van der Waals surface area (Å²) in [6.07, 6.45) is 3.26. The number of aromatic nitrogens is 3. The Kier molecular flexibility index (Phi) is 3.37. The highest BCUT2D eigenvalue weighted by Crippen LogP contribution is 2.36. The van der Waals surface area contributed by atoms with E-state index < -0.39 is 0 Å². The first-order valence-corrected chi connectivity index (χ1v) is 7.96. The van der Waals surface area contributed by atoms with Crippen LogP contribution >= 0.6 is 0 Å². The predicted molar refractivity (Wildman–Crippen MR) is 89.8 cm³/mol. The zero-order chi connectivity index (χ0) is 15.8. The van der Waals surface area contributed by atoms with Gasteiger partial charge in [0, 0.05) is 12.5 Å². The maximum atomic E-state index is 5.99. The summed E-state index contributed by atoms with van der Waals surface area (Å²) in [6.45, 7) is 6.21. The number of hydrogen-bond donors (Lipinski definition) is 0. The molecule has 0 bridgehead atoms. The Morgan fingerprint density at radius 2 is 2.09 bits per heavy atom. The summed E-state index contributed by atoms with van der Waals surface area (Å²) >= 11 is 0. The topological polar surface area (TPSA) is 39.4 Å². The molecular weight excluding hydrogens is 286 g/mol. The summed E-state index contributed by atoms with van der Waals surface area (Å²) in [7, 11) is 0. The molecule has 0 amide bonds. The molecular formula is C19H19N3O. The molecule has 1 saturated carbocycles. The normalized spacial score (nSPS) is 14.1. The van der Waals surface area contributed by atoms with Gasteiger partial charge in [0.15, 0.2) is 11.5 Å². The van der Waals surface area contributed by atoms with Crippen LogP contribution in [0.15, 0.2) is 54.6 Å². The third-order valence-electron chi connectivity index (χ3n) is 4.12. The lowest BCUT2D eigenvalue weighted by Crippen LogP contribution is -1.97. The molecule has 1 aromatic carbocycles. The molecule has 0 aliphatic heterocycles. The van der Waals surface area contributed by atoms with Crippen LogP contribution in [0.5, 0.6) is 11.6 Å². The number of fused-ring (bicyclic) bond motifs is 1. The Morgan fingerprint density at radius 1 is 1.26 bits per heavy atom. The van der Waals surface area contributed by atoms with Crippen molar-refractivity contribution in [2.45, 2.75) is 26.2 Å². The Balaban J connectivity index is 1.64. The zero-order valence-electron chi connectivity index (χ0n) is 13.2. The van der Waals surface area contributed by atoms with E-state index in [1.807, 2.05) is 49.4 Å². The second kappa shape index (κ2) is 5.54. The maximum Gasteiger partial charge on any atom is 0.222 e. The molecule has 4 nitrogen and oxygen atoms in total. The lowest BCUT2D eigenvalue weighted by molar-refractivity contribution is 0.446. The van der Waals surface area contributed by atoms with Crippen molar-refractivity contribution in [1.29, 1.82) is 0 Å². The average molecular weight is 305 g/mol. The minimum Gasteiger partial charge on any atom is -0.439 e. The summed E-state index contributed by atoms with van der Waals surface area (Å²) < 4.78 is 7.75. The number of aryl methyl sites for hydroxylation is 1. The highest BCUT2D eigenvalue weighted by Gasteiger charge is 2.25. The molecule has 116 valence electrons. The van der Waals surface area contributed by atoms with Crippen LogP contribution in [-0.2, 0) is 6.42 Å². The van der Waals surface area contributed by atoms with E-state index in [0.717, 1.165) is 29.2 Å². The predicted octanol–water partition coefficient (Wildman–Crippen LogP) is 4.34. The monoisotopic (exact) mass is 305 g/mol. The number of pyridine rings is 1. The van der Waals surface area contributed by atoms with Crippen molar-refractivity contribution in [3.8, 4) is 11.6 Å². The van der Waals surface area contributed by atoms with Crippen molar-refractivity contribution in [2.75, 3.05) is 0 Å². The zero-order valence-corrected chi connectivity index (χ0v) is 13.2. The second-order valence-corrected chi connectivity index (χ2v) is 6.19. The average Bonchev–Trinajstić information content (AvgIpc) is 3.29. The van der Waals surface area contributed by atoms with E-state index in [4.69, 9.17) is 4.74 Å². The Bertz CT molecular complexity index is 877. The number of hydrogen-bond acceptors (Lipinski definition) is 3. The van der Waals surface area contributed by atoms with Crippen LogP contribution in [0.3, 0.4) is 0 Å². The van der Waals surface area contributed by atoms with Crippen LogP contribution in [0.4, 0.5) is 0 Å². The van der Waals surface area contributed by atoms with Gasteiger partial charge >= 0.3 is 0 Å². The Labute approximate surface area is 135 Å². The van der Waals surface area contributed by atoms with Crippen LogP contribution in [0.2, 0.25) is 0 Å². The summed E-state index contributed by atoms with van der Waals surface area (Å²) in [5.74, 6) is 2.95. The van der Waals surface area contributed by atoms with Crippen molar-refractivity contribution < 1.29 is 4.74 Å². The summed E-state index contributed by atoms with van der Waals surface area (Å²) in [4.78, 5) is 4.59. The van der Waals surface area contributed by atoms with Gasteiger partial charge in [-0.1, -0.05) is 30.4 Å². The van der Waals surface area contributed by atoms with Crippen molar-refractivity contribution >= 4 is 5.65 Å². The van der Waals surface area contributed by atoms with Crippen molar-refractivity contribution in [2.24, 2.45) is 5.92 Å². The van der Waals surface area contributed by atoms with E-state index in [1.165, 1.54) is 18.4 Å². The minimum atomic E-state index is 0.670. The van der Waals surface area contributed by atoms with Gasteiger partial charge in [0.1, 0.15) is 5.75 Å². The molecule has 0 saturated heterocycles. The highest BCUT2D eigenvalue weighted by atomic mass is 16.5. The van der Waals surface area contributed by atoms with Gasteiger partial charge in [0.2, 0.25) is 5.88 Å². The number of benzene rings is 1. The minimum absolute atomic E-state index is 0.670. The molecule has 4 heteroatoms. The molecule has 23 heavy (non-hydrogen) atoms. The van der Waals surface area contributed by atoms with Gasteiger partial charge in [-0.25, -0.2) is 4.98 Å². The van der Waals surface area contributed by atoms with Crippen molar-refractivity contribution in [1.82, 2.24) is 14.6 Å². The van der Waals surface area contributed by atoms with Crippen LogP contribution in [0.1, 0.15) is 24.2 Å². The largest absolute Gasteiger partial charge is 0.439 e. The molecule has 0 radical (unpaired) electrons. The molecule has 4 rings (SSSR count). The molecule has 2 aromatic heterocycles. The maximum absolute atomic E-state index is 5.99. The fraction of sp³-hybridized carbons (Fsp3) is 0.263. The molecule has 2 heterocycles. The molecule has 3 aromatic rings. The van der Waals surface area contributed by atoms with Crippen LogP contribution < -0.4 is 4.74 Å². The first-order chi connectivity index (χ1) is 11.2. The Morgan fingerprint density at radius 3 is 2.87 bits per heavy atom. The summed E-state index contributed by atoms with van der Waals surface area (Å²) in [5.41, 5.74) is 3.20. The summed E-state index contributed by atoms with van der Waals surface area (Å²) in [5, 5.41) is 4.60. The van der Waals surface area contributed by atoms with Crippen molar-refractivity contribution in [3.05, 3.63) is 66.0 Å². The number of nitrogens with zero attached hydrogens (tertiary/aromatic N) is 3. The van der Waals surface area contributed by atoms with E-state index in [9.17, 15) is 0 Å². The lowest BCUT2D eigenvalue weighted by Gasteiger charge is -2.07. The van der Waals surface area contributed by atoms with E-state index in [-0.39, 0.29) is 0 Å². The van der Waals surface area contributed by atoms with Crippen LogP contribution in [-0.4, -0.2) is 14.6 Å². The van der Waals surface area contributed by atoms with Gasteiger partial charge in [-0.3, -0.25) is 0 Å². The van der Waals surface area contributed by atoms with E-state index in [2.05, 4.69) is 16.7 Å². The van der Waals surface area contributed by atoms with Gasteiger partial charge in [-0.2, -0.15) is 4.52 Å². The molecule has 0 N–H and O–H groups in total. The lowest BCUT2D eigenvalue weighted by atomic mass is 10.1. The summed E-state index contributed by atoms with van der Waals surface area (Å²) in [6, 6.07) is 13.8. The highest BCUT2D eigenvalue weighted by molar-refractivity contribution is 5.42. The smallest absolute Gasteiger partial charge is 0.222 e. The number of rotatable bonds is 5.